The lowest BCUT2D eigenvalue weighted by atomic mass is 9.89. The number of nitrogens with one attached hydrogen (secondary N) is 1. The van der Waals surface area contributed by atoms with Crippen molar-refractivity contribution < 1.29 is 13.2 Å². The first-order valence-corrected chi connectivity index (χ1v) is 9.40. The lowest BCUT2D eigenvalue weighted by molar-refractivity contribution is 0.132. The van der Waals surface area contributed by atoms with Crippen LogP contribution < -0.4 is 5.32 Å². The van der Waals surface area contributed by atoms with Crippen molar-refractivity contribution in [3.8, 4) is 0 Å². The monoisotopic (exact) mass is 300 g/mol. The molecule has 20 heavy (non-hydrogen) atoms. The molecule has 0 aromatic carbocycles. The minimum Gasteiger partial charge on any atom is -0.460 e. The summed E-state index contributed by atoms with van der Waals surface area (Å²) in [7, 11) is -3.39. The Hall–Kier alpha value is -0.780. The second-order valence-corrected chi connectivity index (χ2v) is 8.09. The van der Waals surface area contributed by atoms with E-state index in [1.54, 1.807) is 0 Å². The summed E-state index contributed by atoms with van der Waals surface area (Å²) in [5, 5.41) is 2.71. The van der Waals surface area contributed by atoms with E-state index >= 15 is 0 Å². The van der Waals surface area contributed by atoms with Crippen LogP contribution in [0.4, 0.5) is 0 Å². The summed E-state index contributed by atoms with van der Waals surface area (Å²) in [5.74, 6) is 0.627. The van der Waals surface area contributed by atoms with Crippen LogP contribution >= 0.6 is 0 Å². The van der Waals surface area contributed by atoms with E-state index in [1.807, 2.05) is 0 Å². The Balaban J connectivity index is 1.62. The molecule has 5 nitrogen and oxygen atoms in total. The van der Waals surface area contributed by atoms with Gasteiger partial charge in [0.1, 0.15) is 11.4 Å². The van der Waals surface area contributed by atoms with E-state index in [9.17, 15) is 8.42 Å². The largest absolute Gasteiger partial charge is 0.460 e. The molecule has 0 aromatic heterocycles. The third kappa shape index (κ3) is 3.10. The number of rotatable bonds is 2. The third-order valence-electron chi connectivity index (χ3n) is 4.76. The minimum atomic E-state index is -3.39. The van der Waals surface area contributed by atoms with Gasteiger partial charge in [-0.25, -0.2) is 8.42 Å². The molecule has 0 spiro atoms. The molecule has 3 aliphatic rings. The van der Waals surface area contributed by atoms with E-state index in [1.165, 1.54) is 32.1 Å². The van der Waals surface area contributed by atoms with Gasteiger partial charge in [-0.15, -0.1) is 4.40 Å². The smallest absolute Gasteiger partial charge is 0.300 e. The first-order chi connectivity index (χ1) is 9.65. The highest BCUT2D eigenvalue weighted by atomic mass is 32.2. The summed E-state index contributed by atoms with van der Waals surface area (Å²) in [6, 6.07) is 0.235. The van der Waals surface area contributed by atoms with Gasteiger partial charge in [0.05, 0.1) is 0 Å². The van der Waals surface area contributed by atoms with Crippen LogP contribution in [0.1, 0.15) is 57.8 Å². The molecular formula is C14H24N2O3S. The van der Waals surface area contributed by atoms with E-state index < -0.39 is 15.3 Å². The first-order valence-electron chi connectivity index (χ1n) is 7.89. The number of ether oxygens (including phenoxy) is 1. The normalized spacial score (nSPS) is 33.7. The topological polar surface area (TPSA) is 67.8 Å². The predicted octanol–water partition coefficient (Wildman–Crippen LogP) is 2.18. The maximum Gasteiger partial charge on any atom is 0.300 e. The number of nitrogens with zero attached hydrogens (tertiary/aromatic N) is 1. The SMILES string of the molecule is O=S1(=O)N=C(NCC2CCCCC2)OC2CCCCC21. The van der Waals surface area contributed by atoms with Crippen molar-refractivity contribution in [1.82, 2.24) is 5.32 Å². The average molecular weight is 300 g/mol. The van der Waals surface area contributed by atoms with Gasteiger partial charge in [0.15, 0.2) is 0 Å². The Bertz CT molecular complexity index is 469. The molecule has 2 fully saturated rings. The molecule has 114 valence electrons. The van der Waals surface area contributed by atoms with Crippen molar-refractivity contribution in [2.75, 3.05) is 6.54 Å². The van der Waals surface area contributed by atoms with Gasteiger partial charge in [0.2, 0.25) is 0 Å². The van der Waals surface area contributed by atoms with Crippen LogP contribution in [0.2, 0.25) is 0 Å². The molecule has 0 radical (unpaired) electrons. The fourth-order valence-corrected chi connectivity index (χ4v) is 5.10. The summed E-state index contributed by atoms with van der Waals surface area (Å²) < 4.78 is 34.0. The minimum absolute atomic E-state index is 0.194. The Morgan fingerprint density at radius 1 is 1.05 bits per heavy atom. The molecule has 1 heterocycles. The van der Waals surface area contributed by atoms with Crippen molar-refractivity contribution in [3.63, 3.8) is 0 Å². The maximum absolute atomic E-state index is 12.2. The fourth-order valence-electron chi connectivity index (χ4n) is 3.58. The standard InChI is InChI=1S/C14H24N2O3S/c17-20(18)13-9-5-4-8-12(13)19-14(16-20)15-10-11-6-2-1-3-7-11/h11-13H,1-10H2,(H,15,16). The molecule has 0 aromatic rings. The van der Waals surface area contributed by atoms with E-state index in [2.05, 4.69) is 9.71 Å². The molecule has 2 atom stereocenters. The molecule has 2 unspecified atom stereocenters. The lowest BCUT2D eigenvalue weighted by Gasteiger charge is -2.34. The van der Waals surface area contributed by atoms with Gasteiger partial charge in [-0.3, -0.25) is 0 Å². The summed E-state index contributed by atoms with van der Waals surface area (Å²) in [6.07, 6.45) is 9.66. The van der Waals surface area contributed by atoms with Crippen LogP contribution in [0.3, 0.4) is 0 Å². The fraction of sp³-hybridized carbons (Fsp3) is 0.929. The van der Waals surface area contributed by atoms with Crippen molar-refractivity contribution >= 4 is 16.0 Å². The van der Waals surface area contributed by atoms with E-state index in [4.69, 9.17) is 4.74 Å². The number of amidine groups is 1. The lowest BCUT2D eigenvalue weighted by Crippen LogP contribution is -2.47. The second-order valence-electron chi connectivity index (χ2n) is 6.28. The van der Waals surface area contributed by atoms with Crippen molar-refractivity contribution in [3.05, 3.63) is 0 Å². The Morgan fingerprint density at radius 2 is 1.75 bits per heavy atom. The van der Waals surface area contributed by atoms with E-state index in [0.717, 1.165) is 25.8 Å². The molecule has 0 amide bonds. The van der Waals surface area contributed by atoms with Crippen LogP contribution in [-0.2, 0) is 14.8 Å². The van der Waals surface area contributed by atoms with Gasteiger partial charge in [0.25, 0.3) is 10.0 Å². The molecule has 1 N–H and O–H groups in total. The third-order valence-corrected chi connectivity index (χ3v) is 6.49. The van der Waals surface area contributed by atoms with Gasteiger partial charge in [0, 0.05) is 6.54 Å². The Morgan fingerprint density at radius 3 is 2.55 bits per heavy atom. The molecule has 2 saturated carbocycles. The van der Waals surface area contributed by atoms with Crippen LogP contribution in [-0.4, -0.2) is 32.3 Å². The quantitative estimate of drug-likeness (QED) is 0.849. The van der Waals surface area contributed by atoms with Crippen molar-refractivity contribution in [2.45, 2.75) is 69.1 Å². The molecule has 0 saturated heterocycles. The van der Waals surface area contributed by atoms with Crippen molar-refractivity contribution in [2.24, 2.45) is 10.3 Å². The Kier molecular flexibility index (Phi) is 4.19. The summed E-state index contributed by atoms with van der Waals surface area (Å²) in [5.41, 5.74) is 0. The molecule has 6 heteroatoms. The summed E-state index contributed by atoms with van der Waals surface area (Å²) in [4.78, 5) is 0. The number of sulfonamides is 1. The van der Waals surface area contributed by atoms with Gasteiger partial charge in [-0.2, -0.15) is 0 Å². The number of hydrogen-bond donors (Lipinski definition) is 1. The van der Waals surface area contributed by atoms with E-state index in [-0.39, 0.29) is 12.1 Å². The zero-order valence-corrected chi connectivity index (χ0v) is 12.7. The first kappa shape index (κ1) is 14.2. The Labute approximate surface area is 121 Å². The average Bonchev–Trinajstić information content (AvgIpc) is 2.46. The zero-order valence-electron chi connectivity index (χ0n) is 11.9. The highest BCUT2D eigenvalue weighted by Gasteiger charge is 2.41. The highest BCUT2D eigenvalue weighted by Crippen LogP contribution is 2.31. The zero-order chi connectivity index (χ0) is 14.0. The molecular weight excluding hydrogens is 276 g/mol. The van der Waals surface area contributed by atoms with Crippen LogP contribution in [0, 0.1) is 5.92 Å². The van der Waals surface area contributed by atoms with E-state index in [0.29, 0.717) is 12.3 Å². The van der Waals surface area contributed by atoms with Crippen LogP contribution in [0.5, 0.6) is 0 Å². The van der Waals surface area contributed by atoms with Gasteiger partial charge in [-0.05, 0) is 38.0 Å². The molecule has 3 rings (SSSR count). The second kappa shape index (κ2) is 5.92. The number of hydrogen-bond acceptors (Lipinski definition) is 4. The predicted molar refractivity (Wildman–Crippen MR) is 78.1 cm³/mol. The van der Waals surface area contributed by atoms with Gasteiger partial charge < -0.3 is 10.1 Å². The molecule has 1 aliphatic heterocycles. The van der Waals surface area contributed by atoms with Crippen molar-refractivity contribution in [1.29, 1.82) is 0 Å². The van der Waals surface area contributed by atoms with Gasteiger partial charge in [-0.1, -0.05) is 25.7 Å². The van der Waals surface area contributed by atoms with Crippen LogP contribution in [0.25, 0.3) is 0 Å². The molecule has 0 bridgehead atoms. The highest BCUT2D eigenvalue weighted by molar-refractivity contribution is 7.91. The summed E-state index contributed by atoms with van der Waals surface area (Å²) in [6.45, 7) is 0.783. The van der Waals surface area contributed by atoms with Gasteiger partial charge >= 0.3 is 6.02 Å². The maximum atomic E-state index is 12.2. The van der Waals surface area contributed by atoms with Crippen LogP contribution in [0.15, 0.2) is 4.40 Å². The number of fused-ring (bicyclic) bond motifs is 1. The molecule has 2 aliphatic carbocycles. The summed E-state index contributed by atoms with van der Waals surface area (Å²) >= 11 is 0.